The summed E-state index contributed by atoms with van der Waals surface area (Å²) in [5, 5.41) is 20.2. The van der Waals surface area contributed by atoms with Crippen LogP contribution < -0.4 is 4.74 Å². The highest BCUT2D eigenvalue weighted by molar-refractivity contribution is 5.85. The van der Waals surface area contributed by atoms with Gasteiger partial charge in [-0.25, -0.2) is 4.98 Å². The van der Waals surface area contributed by atoms with E-state index in [9.17, 15) is 5.26 Å². The second-order valence-electron chi connectivity index (χ2n) is 7.24. The van der Waals surface area contributed by atoms with Crippen LogP contribution in [0.5, 0.6) is 5.88 Å². The minimum Gasteiger partial charge on any atom is -0.481 e. The van der Waals surface area contributed by atoms with Gasteiger partial charge in [-0.15, -0.1) is 0 Å². The number of aromatic nitrogens is 1. The number of fused-ring (bicyclic) bond motifs is 1. The van der Waals surface area contributed by atoms with E-state index in [1.165, 1.54) is 0 Å². The van der Waals surface area contributed by atoms with Crippen LogP contribution in [0.1, 0.15) is 41.7 Å². The van der Waals surface area contributed by atoms with Gasteiger partial charge in [0.15, 0.2) is 0 Å². The lowest BCUT2D eigenvalue weighted by atomic mass is 9.78. The van der Waals surface area contributed by atoms with Crippen molar-refractivity contribution in [3.63, 3.8) is 0 Å². The number of nitriles is 2. The molecule has 3 rings (SSSR count). The minimum absolute atomic E-state index is 0.522. The smallest absolute Gasteiger partial charge is 0.217 e. The van der Waals surface area contributed by atoms with Crippen LogP contribution in [0, 0.1) is 29.6 Å². The molecule has 3 aromatic rings. The number of pyridine rings is 1. The second-order valence-corrected chi connectivity index (χ2v) is 7.24. The fourth-order valence-corrected chi connectivity index (χ4v) is 3.73. The normalized spacial score (nSPS) is 12.8. The average Bonchev–Trinajstić information content (AvgIpc) is 2.73. The van der Waals surface area contributed by atoms with Crippen molar-refractivity contribution in [1.82, 2.24) is 4.98 Å². The summed E-state index contributed by atoms with van der Waals surface area (Å²) in [4.78, 5) is 4.69. The molecule has 0 saturated carbocycles. The fourth-order valence-electron chi connectivity index (χ4n) is 3.73. The molecule has 0 radical (unpaired) electrons. The molecule has 1 atom stereocenters. The van der Waals surface area contributed by atoms with Crippen LogP contribution in [0.2, 0.25) is 0 Å². The van der Waals surface area contributed by atoms with E-state index in [0.717, 1.165) is 39.6 Å². The Morgan fingerprint density at radius 1 is 1.14 bits per heavy atom. The van der Waals surface area contributed by atoms with Gasteiger partial charge in [-0.2, -0.15) is 10.5 Å². The van der Waals surface area contributed by atoms with Crippen molar-refractivity contribution in [3.05, 3.63) is 70.3 Å². The zero-order valence-electron chi connectivity index (χ0n) is 16.7. The van der Waals surface area contributed by atoms with Crippen LogP contribution in [0.3, 0.4) is 0 Å². The number of methoxy groups -OCH3 is 1. The van der Waals surface area contributed by atoms with Gasteiger partial charge in [0.1, 0.15) is 0 Å². The Labute approximate surface area is 166 Å². The Morgan fingerprint density at radius 3 is 2.57 bits per heavy atom. The van der Waals surface area contributed by atoms with Gasteiger partial charge in [0.05, 0.1) is 35.7 Å². The van der Waals surface area contributed by atoms with E-state index in [2.05, 4.69) is 26.0 Å². The summed E-state index contributed by atoms with van der Waals surface area (Å²) in [6, 6.07) is 18.1. The van der Waals surface area contributed by atoms with Crippen molar-refractivity contribution in [2.24, 2.45) is 0 Å². The molecule has 1 heterocycles. The van der Waals surface area contributed by atoms with Crippen molar-refractivity contribution < 1.29 is 4.74 Å². The van der Waals surface area contributed by atoms with Crippen molar-refractivity contribution in [2.75, 3.05) is 7.11 Å². The first-order chi connectivity index (χ1) is 13.5. The quantitative estimate of drug-likeness (QED) is 0.634. The van der Waals surface area contributed by atoms with E-state index >= 15 is 0 Å². The van der Waals surface area contributed by atoms with E-state index in [4.69, 9.17) is 15.0 Å². The number of hydrogen-bond donors (Lipinski definition) is 0. The van der Waals surface area contributed by atoms with Crippen LogP contribution in [0.4, 0.5) is 0 Å². The molecule has 0 aliphatic carbocycles. The monoisotopic (exact) mass is 369 g/mol. The summed E-state index contributed by atoms with van der Waals surface area (Å²) in [6.07, 6.45) is 1.37. The van der Waals surface area contributed by atoms with Crippen LogP contribution in [-0.4, -0.2) is 12.1 Å². The summed E-state index contributed by atoms with van der Waals surface area (Å²) in [7, 11) is 1.64. The van der Waals surface area contributed by atoms with E-state index in [1.54, 1.807) is 13.2 Å². The predicted octanol–water partition coefficient (Wildman–Crippen LogP) is 5.01. The minimum atomic E-state index is -0.728. The number of nitrogens with zero attached hydrogens (tertiary/aromatic N) is 3. The zero-order valence-corrected chi connectivity index (χ0v) is 16.7. The lowest BCUT2D eigenvalue weighted by Crippen LogP contribution is -2.23. The molecule has 4 nitrogen and oxygen atoms in total. The highest BCUT2D eigenvalue weighted by atomic mass is 16.5. The van der Waals surface area contributed by atoms with Gasteiger partial charge in [-0.05, 0) is 61.6 Å². The predicted molar refractivity (Wildman–Crippen MR) is 110 cm³/mol. The average molecular weight is 369 g/mol. The molecule has 0 bridgehead atoms. The number of rotatable bonds is 5. The molecule has 28 heavy (non-hydrogen) atoms. The van der Waals surface area contributed by atoms with Gasteiger partial charge in [0.2, 0.25) is 5.88 Å². The molecular weight excluding hydrogens is 346 g/mol. The summed E-state index contributed by atoms with van der Waals surface area (Å²) in [5.41, 5.74) is 4.85. The van der Waals surface area contributed by atoms with E-state index < -0.39 is 5.41 Å². The number of hydrogen-bond acceptors (Lipinski definition) is 4. The molecule has 0 fully saturated rings. The molecule has 4 heteroatoms. The molecule has 140 valence electrons. The molecule has 0 N–H and O–H groups in total. The summed E-state index contributed by atoms with van der Waals surface area (Å²) < 4.78 is 5.49. The summed E-state index contributed by atoms with van der Waals surface area (Å²) in [6.45, 7) is 6.11. The van der Waals surface area contributed by atoms with Crippen LogP contribution in [-0.2, 0) is 18.3 Å². The first kappa shape index (κ1) is 19.4. The molecule has 0 aliphatic rings. The molecule has 0 saturated heterocycles. The molecule has 2 aromatic carbocycles. The van der Waals surface area contributed by atoms with Gasteiger partial charge in [0.25, 0.3) is 0 Å². The third-order valence-corrected chi connectivity index (χ3v) is 5.38. The van der Waals surface area contributed by atoms with Crippen molar-refractivity contribution in [3.8, 4) is 18.0 Å². The Balaban J connectivity index is 2.09. The SMILES string of the molecule is CCc1c(OC)nc2cc(C(C)(C#N)Cc3cccc(C#N)c3)ccc2c1C. The Kier molecular flexibility index (Phi) is 5.34. The third-order valence-electron chi connectivity index (χ3n) is 5.38. The first-order valence-electron chi connectivity index (χ1n) is 9.33. The van der Waals surface area contributed by atoms with Gasteiger partial charge in [-0.3, -0.25) is 0 Å². The topological polar surface area (TPSA) is 69.7 Å². The van der Waals surface area contributed by atoms with E-state index in [-0.39, 0.29) is 0 Å². The molecule has 0 aliphatic heterocycles. The van der Waals surface area contributed by atoms with E-state index in [1.807, 2.05) is 43.3 Å². The molecule has 0 spiro atoms. The lowest BCUT2D eigenvalue weighted by Gasteiger charge is -2.23. The fraction of sp³-hybridized carbons (Fsp3) is 0.292. The maximum Gasteiger partial charge on any atom is 0.217 e. The first-order valence-corrected chi connectivity index (χ1v) is 9.33. The zero-order chi connectivity index (χ0) is 20.3. The summed E-state index contributed by atoms with van der Waals surface area (Å²) in [5.74, 6) is 0.644. The molecule has 0 amide bonds. The van der Waals surface area contributed by atoms with Gasteiger partial charge >= 0.3 is 0 Å². The molecule has 1 unspecified atom stereocenters. The van der Waals surface area contributed by atoms with Crippen LogP contribution in [0.25, 0.3) is 10.9 Å². The number of benzene rings is 2. The van der Waals surface area contributed by atoms with Crippen molar-refractivity contribution in [1.29, 1.82) is 10.5 Å². The van der Waals surface area contributed by atoms with Gasteiger partial charge in [-0.1, -0.05) is 31.2 Å². The Morgan fingerprint density at radius 2 is 1.93 bits per heavy atom. The van der Waals surface area contributed by atoms with E-state index in [0.29, 0.717) is 17.9 Å². The summed E-state index contributed by atoms with van der Waals surface area (Å²) >= 11 is 0. The second kappa shape index (κ2) is 7.71. The highest BCUT2D eigenvalue weighted by Gasteiger charge is 2.28. The Hall–Kier alpha value is -3.37. The third kappa shape index (κ3) is 3.42. The molecule has 1 aromatic heterocycles. The van der Waals surface area contributed by atoms with Crippen molar-refractivity contribution >= 4 is 10.9 Å². The van der Waals surface area contributed by atoms with Crippen molar-refractivity contribution in [2.45, 2.75) is 39.0 Å². The standard InChI is InChI=1S/C24H23N3O/c1-5-20-16(2)21-10-9-19(12-22(21)27-23(20)28-4)24(3,15-26)13-17-7-6-8-18(11-17)14-25/h6-12H,5,13H2,1-4H3. The van der Waals surface area contributed by atoms with Gasteiger partial charge < -0.3 is 4.74 Å². The molecular formula is C24H23N3O. The lowest BCUT2D eigenvalue weighted by molar-refractivity contribution is 0.394. The highest BCUT2D eigenvalue weighted by Crippen LogP contribution is 2.33. The number of ether oxygens (including phenoxy) is 1. The maximum atomic E-state index is 9.98. The largest absolute Gasteiger partial charge is 0.481 e. The van der Waals surface area contributed by atoms with Crippen LogP contribution in [0.15, 0.2) is 42.5 Å². The van der Waals surface area contributed by atoms with Gasteiger partial charge in [0, 0.05) is 10.9 Å². The number of aryl methyl sites for hydroxylation is 1. The maximum absolute atomic E-state index is 9.98. The Bertz CT molecular complexity index is 1120. The van der Waals surface area contributed by atoms with Crippen LogP contribution >= 0.6 is 0 Å².